The molecule has 0 saturated heterocycles. The number of ketones is 1. The number of carbonyl (C=O) groups excluding carboxylic acids is 1. The second-order valence-electron chi connectivity index (χ2n) is 3.98. The van der Waals surface area contributed by atoms with Crippen molar-refractivity contribution < 1.29 is 14.7 Å². The maximum atomic E-state index is 11.8. The smallest absolute Gasteiger partial charge is 0.310 e. The van der Waals surface area contributed by atoms with Crippen LogP contribution in [0.4, 0.5) is 0 Å². The first-order chi connectivity index (χ1) is 6.95. The van der Waals surface area contributed by atoms with Crippen molar-refractivity contribution in [1.29, 1.82) is 0 Å². The lowest BCUT2D eigenvalue weighted by Gasteiger charge is -2.02. The van der Waals surface area contributed by atoms with Gasteiger partial charge in [0.05, 0.1) is 9.75 Å². The summed E-state index contributed by atoms with van der Waals surface area (Å²) in [5.74, 6) is -1.40. The lowest BCUT2D eigenvalue weighted by atomic mass is 10.0. The van der Waals surface area contributed by atoms with Crippen molar-refractivity contribution in [3.05, 3.63) is 21.3 Å². The van der Waals surface area contributed by atoms with Crippen LogP contribution in [0.5, 0.6) is 0 Å². The minimum absolute atomic E-state index is 0.108. The highest BCUT2D eigenvalue weighted by Crippen LogP contribution is 2.54. The molecule has 15 heavy (non-hydrogen) atoms. The van der Waals surface area contributed by atoms with Gasteiger partial charge in [-0.3, -0.25) is 9.59 Å². The van der Waals surface area contributed by atoms with E-state index >= 15 is 0 Å². The predicted molar refractivity (Wildman–Crippen MR) is 57.5 cm³/mol. The van der Waals surface area contributed by atoms with E-state index in [1.165, 1.54) is 11.3 Å². The van der Waals surface area contributed by atoms with E-state index in [0.717, 1.165) is 0 Å². The molecule has 1 saturated carbocycles. The van der Waals surface area contributed by atoms with E-state index in [1.54, 1.807) is 18.4 Å². The fourth-order valence-electron chi connectivity index (χ4n) is 1.62. The minimum atomic E-state index is -0.901. The van der Waals surface area contributed by atoms with Gasteiger partial charge in [-0.2, -0.15) is 0 Å². The summed E-state index contributed by atoms with van der Waals surface area (Å²) in [5.41, 5.74) is -0.342. The van der Waals surface area contributed by atoms with Gasteiger partial charge in [-0.25, -0.2) is 0 Å². The molecule has 3 nitrogen and oxygen atoms in total. The number of carboxylic acids is 1. The average molecular weight is 245 g/mol. The van der Waals surface area contributed by atoms with Gasteiger partial charge in [-0.05, 0) is 19.4 Å². The summed E-state index contributed by atoms with van der Waals surface area (Å²) < 4.78 is 0.552. The van der Waals surface area contributed by atoms with Crippen molar-refractivity contribution in [2.75, 3.05) is 0 Å². The van der Waals surface area contributed by atoms with Crippen LogP contribution in [0.25, 0.3) is 0 Å². The van der Waals surface area contributed by atoms with Gasteiger partial charge in [0.25, 0.3) is 0 Å². The Bertz CT molecular complexity index is 440. The van der Waals surface area contributed by atoms with Crippen LogP contribution in [-0.4, -0.2) is 16.9 Å². The van der Waals surface area contributed by atoms with Gasteiger partial charge in [-0.15, -0.1) is 11.3 Å². The molecule has 1 aliphatic rings. The van der Waals surface area contributed by atoms with Gasteiger partial charge in [0, 0.05) is 16.9 Å². The molecule has 1 fully saturated rings. The highest BCUT2D eigenvalue weighted by Gasteiger charge is 2.60. The van der Waals surface area contributed by atoms with Gasteiger partial charge in [0.2, 0.25) is 0 Å². The molecule has 1 aromatic rings. The van der Waals surface area contributed by atoms with Crippen LogP contribution in [0.15, 0.2) is 11.4 Å². The second-order valence-corrected chi connectivity index (χ2v) is 5.53. The van der Waals surface area contributed by atoms with Crippen molar-refractivity contribution in [2.45, 2.75) is 13.3 Å². The molecule has 1 N–H and O–H groups in total. The maximum Gasteiger partial charge on any atom is 0.310 e. The van der Waals surface area contributed by atoms with Crippen molar-refractivity contribution in [3.63, 3.8) is 0 Å². The number of Topliss-reactive ketones (excluding diaryl/α,β-unsaturated/α-hetero) is 1. The van der Waals surface area contributed by atoms with Crippen LogP contribution < -0.4 is 0 Å². The topological polar surface area (TPSA) is 54.4 Å². The Morgan fingerprint density at radius 2 is 2.33 bits per heavy atom. The average Bonchev–Trinajstić information content (AvgIpc) is 2.67. The van der Waals surface area contributed by atoms with Crippen LogP contribution in [0, 0.1) is 11.3 Å². The first kappa shape index (κ1) is 10.6. The summed E-state index contributed by atoms with van der Waals surface area (Å²) in [5, 5.41) is 10.6. The van der Waals surface area contributed by atoms with E-state index in [2.05, 4.69) is 0 Å². The molecule has 0 amide bonds. The van der Waals surface area contributed by atoms with E-state index in [1.807, 2.05) is 0 Å². The summed E-state index contributed by atoms with van der Waals surface area (Å²) in [4.78, 5) is 22.7. The summed E-state index contributed by atoms with van der Waals surface area (Å²) in [6.07, 6.45) is 0.425. The first-order valence-electron chi connectivity index (χ1n) is 4.47. The molecule has 1 heterocycles. The standard InChI is InChI=1S/C10H9ClO3S/c1-10(9(13)14)3-6(10)8(12)5-2-7(11)15-4-5/h2,4,6H,3H2,1H3,(H,13,14). The molecule has 0 bridgehead atoms. The minimum Gasteiger partial charge on any atom is -0.481 e. The lowest BCUT2D eigenvalue weighted by Crippen LogP contribution is -2.17. The van der Waals surface area contributed by atoms with Crippen molar-refractivity contribution in [1.82, 2.24) is 0 Å². The summed E-state index contributed by atoms with van der Waals surface area (Å²) >= 11 is 7.00. The zero-order chi connectivity index (χ0) is 11.2. The third-order valence-corrected chi connectivity index (χ3v) is 3.99. The maximum absolute atomic E-state index is 11.8. The molecule has 0 aromatic carbocycles. The molecular formula is C10H9ClO3S. The van der Waals surface area contributed by atoms with Crippen LogP contribution in [-0.2, 0) is 4.79 Å². The van der Waals surface area contributed by atoms with E-state index in [0.29, 0.717) is 16.3 Å². The number of halogens is 1. The molecule has 1 aliphatic carbocycles. The zero-order valence-electron chi connectivity index (χ0n) is 7.99. The van der Waals surface area contributed by atoms with Gasteiger partial charge >= 0.3 is 5.97 Å². The van der Waals surface area contributed by atoms with Crippen LogP contribution in [0.1, 0.15) is 23.7 Å². The normalized spacial score (nSPS) is 28.8. The molecule has 1 aromatic heterocycles. The fourth-order valence-corrected chi connectivity index (χ4v) is 2.49. The number of aliphatic carboxylic acids is 1. The number of carboxylic acid groups (broad SMARTS) is 1. The first-order valence-corrected chi connectivity index (χ1v) is 5.72. The predicted octanol–water partition coefficient (Wildman–Crippen LogP) is 2.70. The number of hydrogen-bond acceptors (Lipinski definition) is 3. The van der Waals surface area contributed by atoms with Gasteiger partial charge in [-0.1, -0.05) is 11.6 Å². The molecule has 0 radical (unpaired) electrons. The van der Waals surface area contributed by atoms with Gasteiger partial charge in [0.15, 0.2) is 5.78 Å². The summed E-state index contributed by atoms with van der Waals surface area (Å²) in [6, 6.07) is 1.59. The molecule has 2 rings (SSSR count). The largest absolute Gasteiger partial charge is 0.481 e. The van der Waals surface area contributed by atoms with E-state index < -0.39 is 11.4 Å². The zero-order valence-corrected chi connectivity index (χ0v) is 9.56. The Hall–Kier alpha value is -0.870. The Balaban J connectivity index is 2.16. The van der Waals surface area contributed by atoms with Crippen molar-refractivity contribution in [3.8, 4) is 0 Å². The monoisotopic (exact) mass is 244 g/mol. The summed E-state index contributed by atoms with van der Waals surface area (Å²) in [6.45, 7) is 1.60. The third kappa shape index (κ3) is 1.68. The van der Waals surface area contributed by atoms with E-state index in [9.17, 15) is 9.59 Å². The molecule has 5 heteroatoms. The molecule has 2 atom stereocenters. The van der Waals surface area contributed by atoms with Crippen LogP contribution in [0.2, 0.25) is 4.34 Å². The van der Waals surface area contributed by atoms with Gasteiger partial charge in [0.1, 0.15) is 0 Å². The van der Waals surface area contributed by atoms with Gasteiger partial charge < -0.3 is 5.11 Å². The third-order valence-electron chi connectivity index (χ3n) is 2.89. The molecular weight excluding hydrogens is 236 g/mol. The number of thiophene rings is 1. The van der Waals surface area contributed by atoms with E-state index in [-0.39, 0.29) is 11.7 Å². The SMILES string of the molecule is CC1(C(=O)O)CC1C(=O)c1csc(Cl)c1. The van der Waals surface area contributed by atoms with Crippen LogP contribution >= 0.6 is 22.9 Å². The molecule has 0 aliphatic heterocycles. The molecule has 0 spiro atoms. The highest BCUT2D eigenvalue weighted by molar-refractivity contribution is 7.14. The number of carbonyl (C=O) groups is 2. The second kappa shape index (κ2) is 3.32. The quantitative estimate of drug-likeness (QED) is 0.832. The van der Waals surface area contributed by atoms with Crippen molar-refractivity contribution >= 4 is 34.7 Å². The Kier molecular flexibility index (Phi) is 2.35. The lowest BCUT2D eigenvalue weighted by molar-refractivity contribution is -0.143. The van der Waals surface area contributed by atoms with Crippen LogP contribution in [0.3, 0.4) is 0 Å². The molecule has 2 unspecified atom stereocenters. The highest BCUT2D eigenvalue weighted by atomic mass is 35.5. The Morgan fingerprint density at radius 1 is 1.67 bits per heavy atom. The van der Waals surface area contributed by atoms with Crippen molar-refractivity contribution in [2.24, 2.45) is 11.3 Å². The molecule has 80 valence electrons. The number of rotatable bonds is 3. The Labute approximate surface area is 95.7 Å². The summed E-state index contributed by atoms with van der Waals surface area (Å²) in [7, 11) is 0. The fraction of sp³-hybridized carbons (Fsp3) is 0.400. The number of hydrogen-bond donors (Lipinski definition) is 1. The van der Waals surface area contributed by atoms with E-state index in [4.69, 9.17) is 16.7 Å². The Morgan fingerprint density at radius 3 is 2.73 bits per heavy atom.